The number of carbonyl (C=O) groups excluding carboxylic acids is 1. The van der Waals surface area contributed by atoms with Gasteiger partial charge in [-0.1, -0.05) is 24.3 Å². The van der Waals surface area contributed by atoms with Crippen LogP contribution in [0.25, 0.3) is 0 Å². The maximum Gasteiger partial charge on any atom is 0.228 e. The summed E-state index contributed by atoms with van der Waals surface area (Å²) in [5.41, 5.74) is 5.51. The summed E-state index contributed by atoms with van der Waals surface area (Å²) >= 11 is 0. The van der Waals surface area contributed by atoms with E-state index >= 15 is 0 Å². The summed E-state index contributed by atoms with van der Waals surface area (Å²) in [6.45, 7) is 3.83. The lowest BCUT2D eigenvalue weighted by Crippen LogP contribution is -2.45. The number of nitrogens with zero attached hydrogens (tertiary/aromatic N) is 2. The molecule has 1 aromatic carbocycles. The smallest absolute Gasteiger partial charge is 0.228 e. The summed E-state index contributed by atoms with van der Waals surface area (Å²) in [4.78, 5) is 19.0. The van der Waals surface area contributed by atoms with E-state index < -0.39 is 0 Å². The van der Waals surface area contributed by atoms with E-state index in [1.807, 2.05) is 19.1 Å². The van der Waals surface area contributed by atoms with E-state index in [0.29, 0.717) is 11.8 Å². The highest BCUT2D eigenvalue weighted by molar-refractivity contribution is 5.78. The zero-order valence-corrected chi connectivity index (χ0v) is 15.0. The molecule has 1 aliphatic heterocycles. The van der Waals surface area contributed by atoms with E-state index in [1.165, 1.54) is 30.4 Å². The van der Waals surface area contributed by atoms with Crippen LogP contribution >= 0.6 is 0 Å². The van der Waals surface area contributed by atoms with Gasteiger partial charge in [0.15, 0.2) is 0 Å². The van der Waals surface area contributed by atoms with Gasteiger partial charge in [-0.3, -0.25) is 9.78 Å². The van der Waals surface area contributed by atoms with Crippen LogP contribution in [0.15, 0.2) is 42.6 Å². The van der Waals surface area contributed by atoms with E-state index in [1.54, 1.807) is 6.20 Å². The van der Waals surface area contributed by atoms with Crippen LogP contribution < -0.4 is 0 Å². The van der Waals surface area contributed by atoms with E-state index in [-0.39, 0.29) is 5.91 Å². The summed E-state index contributed by atoms with van der Waals surface area (Å²) < 4.78 is 0. The minimum atomic E-state index is 0.226. The van der Waals surface area contributed by atoms with E-state index in [0.717, 1.165) is 37.2 Å². The highest BCUT2D eigenvalue weighted by atomic mass is 16.2. The van der Waals surface area contributed by atoms with Gasteiger partial charge in [0.25, 0.3) is 0 Å². The van der Waals surface area contributed by atoms with Gasteiger partial charge in [0.2, 0.25) is 5.91 Å². The van der Waals surface area contributed by atoms with Crippen LogP contribution in [0, 0.1) is 12.3 Å². The Morgan fingerprint density at radius 2 is 1.88 bits per heavy atom. The first-order valence-electron chi connectivity index (χ1n) is 9.40. The zero-order valence-electron chi connectivity index (χ0n) is 15.0. The van der Waals surface area contributed by atoms with Gasteiger partial charge in [0, 0.05) is 25.0 Å². The van der Waals surface area contributed by atoms with Crippen LogP contribution in [0.4, 0.5) is 0 Å². The molecule has 2 heterocycles. The highest BCUT2D eigenvalue weighted by Crippen LogP contribution is 2.43. The molecule has 1 saturated heterocycles. The third-order valence-electron chi connectivity index (χ3n) is 6.09. The fourth-order valence-electron chi connectivity index (χ4n) is 4.49. The van der Waals surface area contributed by atoms with Crippen LogP contribution in [-0.4, -0.2) is 28.9 Å². The number of rotatable bonds is 2. The Morgan fingerprint density at radius 3 is 2.64 bits per heavy atom. The number of fused-ring (bicyclic) bond motifs is 1. The second kappa shape index (κ2) is 6.62. The van der Waals surface area contributed by atoms with Crippen molar-refractivity contribution in [1.29, 1.82) is 0 Å². The topological polar surface area (TPSA) is 33.2 Å². The summed E-state index contributed by atoms with van der Waals surface area (Å²) in [5.74, 6) is 0.226. The monoisotopic (exact) mass is 334 g/mol. The van der Waals surface area contributed by atoms with Gasteiger partial charge in [-0.25, -0.2) is 0 Å². The Morgan fingerprint density at radius 1 is 1.12 bits per heavy atom. The lowest BCUT2D eigenvalue weighted by molar-refractivity contribution is -0.133. The molecule has 25 heavy (non-hydrogen) atoms. The Labute approximate surface area is 150 Å². The van der Waals surface area contributed by atoms with Crippen LogP contribution in [0.2, 0.25) is 0 Å². The maximum atomic E-state index is 12.6. The normalized spacial score (nSPS) is 18.8. The molecule has 0 bridgehead atoms. The predicted molar refractivity (Wildman–Crippen MR) is 99.4 cm³/mol. The second-order valence-corrected chi connectivity index (χ2v) is 7.83. The molecule has 0 unspecified atom stereocenters. The number of benzene rings is 1. The molecular formula is C22H26N2O. The Bertz CT molecular complexity index is 775. The molecule has 0 radical (unpaired) electrons. The van der Waals surface area contributed by atoms with Gasteiger partial charge in [-0.05, 0) is 73.3 Å². The SMILES string of the molecule is Cc1ccnc(CC(=O)N2CCC3(CCc4ccccc4C3)CC2)c1. The summed E-state index contributed by atoms with van der Waals surface area (Å²) in [6, 6.07) is 12.9. The molecule has 1 aromatic heterocycles. The maximum absolute atomic E-state index is 12.6. The van der Waals surface area contributed by atoms with Crippen molar-refractivity contribution in [2.24, 2.45) is 5.41 Å². The van der Waals surface area contributed by atoms with Crippen molar-refractivity contribution in [3.05, 3.63) is 65.0 Å². The zero-order chi connectivity index (χ0) is 17.3. The Hall–Kier alpha value is -2.16. The van der Waals surface area contributed by atoms with Crippen molar-refractivity contribution in [3.8, 4) is 0 Å². The first-order valence-corrected chi connectivity index (χ1v) is 9.40. The molecule has 3 heteroatoms. The van der Waals surface area contributed by atoms with Gasteiger partial charge in [0.1, 0.15) is 0 Å². The number of carbonyl (C=O) groups is 1. The van der Waals surface area contributed by atoms with Gasteiger partial charge in [-0.15, -0.1) is 0 Å². The number of piperidine rings is 1. The van der Waals surface area contributed by atoms with Crippen molar-refractivity contribution in [2.45, 2.75) is 45.4 Å². The number of pyridine rings is 1. The van der Waals surface area contributed by atoms with Crippen LogP contribution in [0.5, 0.6) is 0 Å². The minimum absolute atomic E-state index is 0.226. The molecule has 130 valence electrons. The third kappa shape index (κ3) is 3.46. The van der Waals surface area contributed by atoms with Gasteiger partial charge in [-0.2, -0.15) is 0 Å². The molecule has 1 fully saturated rings. The van der Waals surface area contributed by atoms with Crippen LogP contribution in [0.3, 0.4) is 0 Å². The molecule has 0 N–H and O–H groups in total. The second-order valence-electron chi connectivity index (χ2n) is 7.83. The fraction of sp³-hybridized carbons (Fsp3) is 0.455. The molecule has 3 nitrogen and oxygen atoms in total. The Kier molecular flexibility index (Phi) is 4.32. The van der Waals surface area contributed by atoms with E-state index in [4.69, 9.17) is 0 Å². The standard InChI is InChI=1S/C22H26N2O/c1-17-7-11-23-20(14-17)15-21(25)24-12-9-22(10-13-24)8-6-18-4-2-3-5-19(18)16-22/h2-5,7,11,14H,6,8-10,12-13,15-16H2,1H3. The quantitative estimate of drug-likeness (QED) is 0.838. The summed E-state index contributed by atoms with van der Waals surface area (Å²) in [5, 5.41) is 0. The van der Waals surface area contributed by atoms with Crippen molar-refractivity contribution in [3.63, 3.8) is 0 Å². The van der Waals surface area contributed by atoms with E-state index in [2.05, 4.69) is 34.1 Å². The average Bonchev–Trinajstić information content (AvgIpc) is 2.62. The summed E-state index contributed by atoms with van der Waals surface area (Å²) in [6.07, 6.45) is 8.14. The van der Waals surface area contributed by atoms with Gasteiger partial charge in [0.05, 0.1) is 6.42 Å². The van der Waals surface area contributed by atoms with Crippen molar-refractivity contribution < 1.29 is 4.79 Å². The average molecular weight is 334 g/mol. The molecule has 0 atom stereocenters. The molecule has 1 spiro atoms. The Balaban J connectivity index is 1.38. The number of aromatic nitrogens is 1. The number of amides is 1. The fourth-order valence-corrected chi connectivity index (χ4v) is 4.49. The molecule has 2 aliphatic rings. The summed E-state index contributed by atoms with van der Waals surface area (Å²) in [7, 11) is 0. The van der Waals surface area contributed by atoms with Gasteiger partial charge < -0.3 is 4.90 Å². The number of likely N-dealkylation sites (tertiary alicyclic amines) is 1. The lowest BCUT2D eigenvalue weighted by Gasteiger charge is -2.44. The first-order chi connectivity index (χ1) is 12.1. The highest BCUT2D eigenvalue weighted by Gasteiger charge is 2.38. The van der Waals surface area contributed by atoms with Gasteiger partial charge >= 0.3 is 0 Å². The number of hydrogen-bond donors (Lipinski definition) is 0. The largest absolute Gasteiger partial charge is 0.342 e. The van der Waals surface area contributed by atoms with Crippen LogP contribution in [-0.2, 0) is 24.1 Å². The van der Waals surface area contributed by atoms with Crippen molar-refractivity contribution in [1.82, 2.24) is 9.88 Å². The number of aryl methyl sites for hydroxylation is 2. The molecule has 2 aromatic rings. The molecular weight excluding hydrogens is 308 g/mol. The molecule has 1 amide bonds. The third-order valence-corrected chi connectivity index (χ3v) is 6.09. The molecule has 4 rings (SSSR count). The first kappa shape index (κ1) is 16.3. The predicted octanol–water partition coefficient (Wildman–Crippen LogP) is 3.73. The van der Waals surface area contributed by atoms with Crippen molar-refractivity contribution >= 4 is 5.91 Å². The molecule has 1 aliphatic carbocycles. The van der Waals surface area contributed by atoms with E-state index in [9.17, 15) is 4.79 Å². The molecule has 0 saturated carbocycles. The minimum Gasteiger partial charge on any atom is -0.342 e. The van der Waals surface area contributed by atoms with Crippen molar-refractivity contribution in [2.75, 3.05) is 13.1 Å². The number of hydrogen-bond acceptors (Lipinski definition) is 2. The van der Waals surface area contributed by atoms with Crippen LogP contribution in [0.1, 0.15) is 41.6 Å². The lowest BCUT2D eigenvalue weighted by atomic mass is 9.66.